The first-order valence-corrected chi connectivity index (χ1v) is 15.6. The molecule has 1 aliphatic carbocycles. The second kappa shape index (κ2) is 13.7. The maximum Gasteiger partial charge on any atom is 0.119 e. The molecule has 0 radical (unpaired) electrons. The molecule has 0 atom stereocenters. The Morgan fingerprint density at radius 3 is 2.12 bits per heavy atom. The Labute approximate surface area is 215 Å². The van der Waals surface area contributed by atoms with Gasteiger partial charge in [-0.25, -0.2) is 0 Å². The van der Waals surface area contributed by atoms with Gasteiger partial charge in [0.2, 0.25) is 0 Å². The lowest BCUT2D eigenvalue weighted by Gasteiger charge is -2.28. The Balaban J connectivity index is 1.20. The van der Waals surface area contributed by atoms with Crippen LogP contribution in [0.2, 0.25) is 0 Å². The molecule has 0 bridgehead atoms. The largest absolute Gasteiger partial charge is 0.494 e. The van der Waals surface area contributed by atoms with E-state index in [0.29, 0.717) is 0 Å². The van der Waals surface area contributed by atoms with Crippen molar-refractivity contribution in [3.63, 3.8) is 0 Å². The summed E-state index contributed by atoms with van der Waals surface area (Å²) in [6, 6.07) is 13.5. The summed E-state index contributed by atoms with van der Waals surface area (Å²) in [7, 11) is 0. The van der Waals surface area contributed by atoms with E-state index in [-0.39, 0.29) is 0 Å². The maximum atomic E-state index is 5.82. The Morgan fingerprint density at radius 2 is 1.41 bits per heavy atom. The number of hydrogen-bond donors (Lipinski definition) is 0. The van der Waals surface area contributed by atoms with Gasteiger partial charge in [0.15, 0.2) is 0 Å². The van der Waals surface area contributed by atoms with Crippen molar-refractivity contribution in [1.29, 1.82) is 0 Å². The van der Waals surface area contributed by atoms with Crippen molar-refractivity contribution in [3.8, 4) is 16.2 Å². The van der Waals surface area contributed by atoms with Crippen LogP contribution in [0, 0.1) is 11.8 Å². The minimum atomic E-state index is 0.813. The molecule has 1 aliphatic rings. The van der Waals surface area contributed by atoms with Crippen LogP contribution in [0.15, 0.2) is 36.4 Å². The van der Waals surface area contributed by atoms with E-state index in [1.165, 1.54) is 103 Å². The monoisotopic (exact) mass is 496 g/mol. The summed E-state index contributed by atoms with van der Waals surface area (Å²) in [4.78, 5) is 2.96. The van der Waals surface area contributed by atoms with E-state index in [2.05, 4.69) is 50.2 Å². The van der Waals surface area contributed by atoms with Gasteiger partial charge in [-0.1, -0.05) is 84.5 Å². The number of hydrogen-bond acceptors (Lipinski definition) is 3. The smallest absolute Gasteiger partial charge is 0.119 e. The third kappa shape index (κ3) is 7.59. The number of fused-ring (bicyclic) bond motifs is 1. The number of rotatable bonds is 14. The van der Waals surface area contributed by atoms with Gasteiger partial charge in [-0.2, -0.15) is 0 Å². The van der Waals surface area contributed by atoms with E-state index in [4.69, 9.17) is 4.74 Å². The molecular weight excluding hydrogens is 452 g/mol. The first kappa shape index (κ1) is 25.8. The molecule has 0 saturated heterocycles. The summed E-state index contributed by atoms with van der Waals surface area (Å²) in [5, 5.41) is 0. The first-order valence-electron chi connectivity index (χ1n) is 14.0. The molecule has 0 N–H and O–H groups in total. The molecule has 1 aromatic carbocycles. The third-order valence-electron chi connectivity index (χ3n) is 7.64. The van der Waals surface area contributed by atoms with Gasteiger partial charge in [0.25, 0.3) is 0 Å². The average molecular weight is 497 g/mol. The molecule has 1 nitrogen and oxygen atoms in total. The number of aryl methyl sites for hydroxylation is 1. The van der Waals surface area contributed by atoms with E-state index < -0.39 is 0 Å². The predicted molar refractivity (Wildman–Crippen MR) is 153 cm³/mol. The van der Waals surface area contributed by atoms with Gasteiger partial charge >= 0.3 is 0 Å². The highest BCUT2D eigenvalue weighted by atomic mass is 32.1. The van der Waals surface area contributed by atoms with Crippen LogP contribution in [0.1, 0.15) is 102 Å². The lowest BCUT2D eigenvalue weighted by molar-refractivity contribution is 0.249. The second-order valence-corrected chi connectivity index (χ2v) is 12.7. The van der Waals surface area contributed by atoms with Crippen LogP contribution in [0.25, 0.3) is 19.8 Å². The van der Waals surface area contributed by atoms with Crippen molar-refractivity contribution >= 4 is 32.1 Å². The minimum Gasteiger partial charge on any atom is -0.494 e. The molecule has 1 fully saturated rings. The van der Waals surface area contributed by atoms with Gasteiger partial charge in [-0.3, -0.25) is 0 Å². The average Bonchev–Trinajstić information content (AvgIpc) is 3.43. The van der Waals surface area contributed by atoms with Crippen molar-refractivity contribution in [3.05, 3.63) is 41.3 Å². The van der Waals surface area contributed by atoms with Crippen molar-refractivity contribution < 1.29 is 4.74 Å². The van der Waals surface area contributed by atoms with Crippen LogP contribution >= 0.6 is 22.7 Å². The fourth-order valence-corrected chi connectivity index (χ4v) is 7.84. The zero-order chi connectivity index (χ0) is 23.6. The lowest BCUT2D eigenvalue weighted by atomic mass is 9.78. The Morgan fingerprint density at radius 1 is 0.735 bits per heavy atom. The van der Waals surface area contributed by atoms with E-state index in [0.717, 1.165) is 30.6 Å². The van der Waals surface area contributed by atoms with Crippen LogP contribution < -0.4 is 4.74 Å². The van der Waals surface area contributed by atoms with Crippen LogP contribution in [0.4, 0.5) is 0 Å². The highest BCUT2D eigenvalue weighted by molar-refractivity contribution is 7.29. The molecule has 4 rings (SSSR count). The minimum absolute atomic E-state index is 0.813. The van der Waals surface area contributed by atoms with Gasteiger partial charge in [-0.15, -0.1) is 22.7 Å². The third-order valence-corrected chi connectivity index (χ3v) is 10.0. The lowest BCUT2D eigenvalue weighted by Crippen LogP contribution is -2.15. The molecule has 0 unspecified atom stereocenters. The molecule has 186 valence electrons. The molecule has 0 aliphatic heterocycles. The highest BCUT2D eigenvalue weighted by Gasteiger charge is 2.21. The Bertz CT molecular complexity index is 928. The number of unbranched alkanes of at least 4 members (excludes halogenated alkanes) is 5. The van der Waals surface area contributed by atoms with Crippen LogP contribution in [0.5, 0.6) is 5.75 Å². The van der Waals surface area contributed by atoms with E-state index in [9.17, 15) is 0 Å². The van der Waals surface area contributed by atoms with E-state index in [1.807, 2.05) is 22.7 Å². The number of benzene rings is 1. The van der Waals surface area contributed by atoms with Crippen molar-refractivity contribution in [2.24, 2.45) is 11.8 Å². The van der Waals surface area contributed by atoms with E-state index >= 15 is 0 Å². The molecule has 3 aromatic rings. The van der Waals surface area contributed by atoms with Gasteiger partial charge < -0.3 is 4.74 Å². The van der Waals surface area contributed by atoms with Crippen LogP contribution in [-0.2, 0) is 6.42 Å². The fourth-order valence-electron chi connectivity index (χ4n) is 5.39. The molecule has 2 aromatic heterocycles. The molecule has 2 heterocycles. The first-order chi connectivity index (χ1) is 16.7. The summed E-state index contributed by atoms with van der Waals surface area (Å²) < 4.78 is 8.74. The Hall–Kier alpha value is -1.32. The van der Waals surface area contributed by atoms with Crippen LogP contribution in [0.3, 0.4) is 0 Å². The summed E-state index contributed by atoms with van der Waals surface area (Å²) in [5.74, 6) is 2.98. The molecular formula is C31H44OS2. The summed E-state index contributed by atoms with van der Waals surface area (Å²) in [6.45, 7) is 5.32. The normalized spacial score (nSPS) is 18.5. The predicted octanol–water partition coefficient (Wildman–Crippen LogP) is 10.9. The summed E-state index contributed by atoms with van der Waals surface area (Å²) in [5.41, 5.74) is 1.31. The SMILES string of the molecule is CCCCCCCC1CCC(CCc2cc3sc(-c4ccc(OCCCC)cc4)cc3s2)CC1. The maximum absolute atomic E-state index is 5.82. The van der Waals surface area contributed by atoms with Gasteiger partial charge in [0.1, 0.15) is 5.75 Å². The van der Waals surface area contributed by atoms with Gasteiger partial charge in [0.05, 0.1) is 6.61 Å². The molecule has 0 spiro atoms. The van der Waals surface area contributed by atoms with E-state index in [1.54, 1.807) is 4.88 Å². The summed E-state index contributed by atoms with van der Waals surface area (Å²) in [6.07, 6.45) is 19.5. The molecule has 1 saturated carbocycles. The zero-order valence-electron chi connectivity index (χ0n) is 21.5. The molecule has 0 amide bonds. The molecule has 34 heavy (non-hydrogen) atoms. The fraction of sp³-hybridized carbons (Fsp3) is 0.613. The second-order valence-electron chi connectivity index (χ2n) is 10.4. The number of ether oxygens (including phenoxy) is 1. The van der Waals surface area contributed by atoms with Crippen molar-refractivity contribution in [2.75, 3.05) is 6.61 Å². The highest BCUT2D eigenvalue weighted by Crippen LogP contribution is 2.40. The van der Waals surface area contributed by atoms with Crippen molar-refractivity contribution in [1.82, 2.24) is 0 Å². The topological polar surface area (TPSA) is 9.23 Å². The molecule has 3 heteroatoms. The van der Waals surface area contributed by atoms with Gasteiger partial charge in [-0.05, 0) is 73.1 Å². The number of thiophene rings is 2. The Kier molecular flexibility index (Phi) is 10.4. The van der Waals surface area contributed by atoms with Crippen LogP contribution in [-0.4, -0.2) is 6.61 Å². The zero-order valence-corrected chi connectivity index (χ0v) is 23.1. The standard InChI is InChI=1S/C31H44OS2/c1-3-5-7-8-9-10-24-11-13-25(14-12-24)15-20-28-22-30-31(33-28)23-29(34-30)26-16-18-27(19-17-26)32-21-6-4-2/h16-19,22-25H,3-15,20-21H2,1-2H3. The quantitative estimate of drug-likeness (QED) is 0.202. The van der Waals surface area contributed by atoms with Gasteiger partial charge in [0, 0.05) is 19.2 Å². The summed E-state index contributed by atoms with van der Waals surface area (Å²) >= 11 is 3.96. The van der Waals surface area contributed by atoms with Crippen molar-refractivity contribution in [2.45, 2.75) is 104 Å².